The number of H-pyrrole nitrogens is 1. The number of carbonyl (C=O) groups excluding carboxylic acids is 2. The molecular formula is C17H19BBrClF3KN2O4. The molecule has 13 heteroatoms. The Morgan fingerprint density at radius 2 is 1.90 bits per heavy atom. The molecule has 0 spiro atoms. The van der Waals surface area contributed by atoms with E-state index in [9.17, 15) is 22.5 Å². The van der Waals surface area contributed by atoms with E-state index in [0.717, 1.165) is 13.2 Å². The maximum Gasteiger partial charge on any atom is 1.00 e. The number of alkyl carbamates (subject to hydrolysis) is 1. The smallest absolute Gasteiger partial charge is 0.467 e. The summed E-state index contributed by atoms with van der Waals surface area (Å²) in [5.74, 6) is -0.795. The molecule has 0 unspecified atom stereocenters. The number of ether oxygens (including phenoxy) is 2. The van der Waals surface area contributed by atoms with Gasteiger partial charge in [-0.3, -0.25) is 0 Å². The summed E-state index contributed by atoms with van der Waals surface area (Å²) in [4.78, 5) is 26.7. The van der Waals surface area contributed by atoms with Gasteiger partial charge in [0.1, 0.15) is 16.8 Å². The van der Waals surface area contributed by atoms with Crippen LogP contribution in [0.4, 0.5) is 17.7 Å². The molecule has 0 bridgehead atoms. The van der Waals surface area contributed by atoms with Crippen molar-refractivity contribution in [2.24, 2.45) is 0 Å². The van der Waals surface area contributed by atoms with Crippen LogP contribution in [-0.4, -0.2) is 42.8 Å². The summed E-state index contributed by atoms with van der Waals surface area (Å²) >= 11 is 9.22. The van der Waals surface area contributed by atoms with Crippen molar-refractivity contribution in [3.8, 4) is 0 Å². The fourth-order valence-electron chi connectivity index (χ4n) is 2.76. The maximum atomic E-state index is 13.4. The molecular weight excluding hydrogens is 518 g/mol. The van der Waals surface area contributed by atoms with Crippen molar-refractivity contribution in [3.63, 3.8) is 0 Å². The van der Waals surface area contributed by atoms with Crippen molar-refractivity contribution < 1.29 is 83.4 Å². The third-order valence-electron chi connectivity index (χ3n) is 3.90. The normalized spacial score (nSPS) is 12.8. The van der Waals surface area contributed by atoms with Crippen LogP contribution in [0.15, 0.2) is 16.6 Å². The first-order valence-electron chi connectivity index (χ1n) is 8.49. The van der Waals surface area contributed by atoms with Gasteiger partial charge in [0, 0.05) is 21.8 Å². The van der Waals surface area contributed by atoms with Crippen molar-refractivity contribution in [2.75, 3.05) is 7.11 Å². The van der Waals surface area contributed by atoms with E-state index < -0.39 is 36.1 Å². The Morgan fingerprint density at radius 3 is 2.40 bits per heavy atom. The monoisotopic (exact) mass is 536 g/mol. The van der Waals surface area contributed by atoms with E-state index in [2.05, 4.69) is 26.2 Å². The fourth-order valence-corrected chi connectivity index (χ4v) is 3.51. The molecule has 30 heavy (non-hydrogen) atoms. The molecule has 160 valence electrons. The molecule has 2 aromatic rings. The zero-order valence-corrected chi connectivity index (χ0v) is 22.5. The van der Waals surface area contributed by atoms with Crippen molar-refractivity contribution >= 4 is 62.9 Å². The minimum atomic E-state index is -5.31. The quantitative estimate of drug-likeness (QED) is 0.445. The number of aromatic amines is 1. The molecule has 1 aromatic heterocycles. The molecule has 0 radical (unpaired) electrons. The van der Waals surface area contributed by atoms with E-state index in [-0.39, 0.29) is 83.9 Å². The van der Waals surface area contributed by atoms with Crippen LogP contribution in [0.3, 0.4) is 0 Å². The van der Waals surface area contributed by atoms with Gasteiger partial charge in [-0.05, 0) is 32.4 Å². The Labute approximate surface area is 227 Å². The SMILES string of the molecule is COC(=O)[C@H](Cc1c(Cl)[nH]c2c([B-](F)(F)F)cc(Br)cc12)NC(=O)OC(C)(C)C.[K+]. The number of rotatable bonds is 5. The van der Waals surface area contributed by atoms with Crippen LogP contribution in [0.2, 0.25) is 5.15 Å². The van der Waals surface area contributed by atoms with Crippen LogP contribution in [0.5, 0.6) is 0 Å². The van der Waals surface area contributed by atoms with E-state index >= 15 is 0 Å². The predicted molar refractivity (Wildman–Crippen MR) is 109 cm³/mol. The van der Waals surface area contributed by atoms with Gasteiger partial charge in [0.25, 0.3) is 0 Å². The van der Waals surface area contributed by atoms with Gasteiger partial charge in [0.15, 0.2) is 0 Å². The predicted octanol–water partition coefficient (Wildman–Crippen LogP) is 1.25. The summed E-state index contributed by atoms with van der Waals surface area (Å²) in [6.07, 6.45) is -1.07. The summed E-state index contributed by atoms with van der Waals surface area (Å²) in [6.45, 7) is -0.373. The number of amides is 1. The number of hydrogen-bond acceptors (Lipinski definition) is 4. The average Bonchev–Trinajstić information content (AvgIpc) is 2.85. The van der Waals surface area contributed by atoms with Gasteiger partial charge in [0.05, 0.1) is 7.11 Å². The van der Waals surface area contributed by atoms with Gasteiger partial charge >= 0.3 is 70.4 Å². The largest absolute Gasteiger partial charge is 1.00 e. The molecule has 1 heterocycles. The summed E-state index contributed by atoms with van der Waals surface area (Å²) in [6, 6.07) is 1.20. The van der Waals surface area contributed by atoms with Crippen molar-refractivity contribution in [3.05, 3.63) is 27.3 Å². The average molecular weight is 538 g/mol. The molecule has 1 atom stereocenters. The number of methoxy groups -OCH3 is 1. The topological polar surface area (TPSA) is 80.4 Å². The Balaban J connectivity index is 0.00000450. The first kappa shape index (κ1) is 27.8. The number of carbonyl (C=O) groups is 2. The number of fused-ring (bicyclic) bond motifs is 1. The number of halogens is 5. The maximum absolute atomic E-state index is 13.4. The van der Waals surface area contributed by atoms with Gasteiger partial charge < -0.3 is 32.7 Å². The molecule has 0 aliphatic carbocycles. The molecule has 2 N–H and O–H groups in total. The molecule has 2 rings (SSSR count). The molecule has 6 nitrogen and oxygen atoms in total. The van der Waals surface area contributed by atoms with Crippen LogP contribution in [0, 0.1) is 0 Å². The fraction of sp³-hybridized carbons (Fsp3) is 0.412. The number of nitrogens with one attached hydrogen (secondary N) is 2. The number of benzene rings is 1. The first-order valence-corrected chi connectivity index (χ1v) is 9.66. The summed E-state index contributed by atoms with van der Waals surface area (Å²) in [5, 5.41) is 2.48. The van der Waals surface area contributed by atoms with Crippen LogP contribution < -0.4 is 62.2 Å². The Morgan fingerprint density at radius 1 is 1.30 bits per heavy atom. The summed E-state index contributed by atoms with van der Waals surface area (Å²) in [5.41, 5.74) is -1.62. The second-order valence-corrected chi connectivity index (χ2v) is 8.63. The second-order valence-electron chi connectivity index (χ2n) is 7.34. The summed E-state index contributed by atoms with van der Waals surface area (Å²) in [7, 11) is 1.13. The molecule has 1 aromatic carbocycles. The molecule has 0 saturated carbocycles. The van der Waals surface area contributed by atoms with E-state index in [1.54, 1.807) is 20.8 Å². The van der Waals surface area contributed by atoms with Crippen LogP contribution in [-0.2, 0) is 20.7 Å². The third-order valence-corrected chi connectivity index (χ3v) is 4.68. The number of esters is 1. The Hall–Kier alpha value is -0.239. The van der Waals surface area contributed by atoms with E-state index in [1.165, 1.54) is 6.07 Å². The Bertz CT molecular complexity index is 950. The van der Waals surface area contributed by atoms with Crippen molar-refractivity contribution in [2.45, 2.75) is 38.8 Å². The Kier molecular flexibility index (Phi) is 9.81. The molecule has 0 saturated heterocycles. The molecule has 0 aliphatic heterocycles. The molecule has 0 fully saturated rings. The number of aromatic nitrogens is 1. The van der Waals surface area contributed by atoms with Crippen LogP contribution in [0.1, 0.15) is 26.3 Å². The molecule has 1 amide bonds. The summed E-state index contributed by atoms with van der Waals surface area (Å²) < 4.78 is 50.4. The van der Waals surface area contributed by atoms with Gasteiger partial charge in [-0.25, -0.2) is 9.59 Å². The van der Waals surface area contributed by atoms with Crippen LogP contribution in [0.25, 0.3) is 10.9 Å². The van der Waals surface area contributed by atoms with Gasteiger partial charge in [-0.15, -0.1) is 0 Å². The van der Waals surface area contributed by atoms with E-state index in [4.69, 9.17) is 21.1 Å². The minimum Gasteiger partial charge on any atom is -0.467 e. The van der Waals surface area contributed by atoms with Gasteiger partial charge in [-0.1, -0.05) is 39.1 Å². The van der Waals surface area contributed by atoms with Crippen molar-refractivity contribution in [1.29, 1.82) is 0 Å². The first-order chi connectivity index (χ1) is 13.2. The zero-order chi connectivity index (χ0) is 22.1. The van der Waals surface area contributed by atoms with Crippen LogP contribution >= 0.6 is 27.5 Å². The third kappa shape index (κ3) is 7.14. The molecule has 0 aliphatic rings. The minimum absolute atomic E-state index is 0. The standard InChI is InChI=1S/C17H19BBrClF3N2O4.K/c1-17(2,3)29-16(27)24-12(15(26)28-4)7-10-9-5-8(19)6-11(18(21,22)23)13(9)25-14(10)20;/h5-6,12,25H,7H2,1-4H3,(H,24,27);/q-1;+1/t12-;/m0./s1. The van der Waals surface area contributed by atoms with E-state index in [1.807, 2.05) is 0 Å². The van der Waals surface area contributed by atoms with Gasteiger partial charge in [-0.2, -0.15) is 0 Å². The van der Waals surface area contributed by atoms with Gasteiger partial charge in [0.2, 0.25) is 0 Å². The van der Waals surface area contributed by atoms with Crippen molar-refractivity contribution in [1.82, 2.24) is 10.3 Å². The van der Waals surface area contributed by atoms with E-state index in [0.29, 0.717) is 0 Å². The number of hydrogen-bond donors (Lipinski definition) is 2. The zero-order valence-electron chi connectivity index (χ0n) is 17.0. The second kappa shape index (κ2) is 10.6.